The summed E-state index contributed by atoms with van der Waals surface area (Å²) < 4.78 is 0. The first-order valence-electron chi connectivity index (χ1n) is 11.5. The van der Waals surface area contributed by atoms with Crippen LogP contribution in [0.2, 0.25) is 0 Å². The Kier molecular flexibility index (Phi) is 6.01. The highest BCUT2D eigenvalue weighted by molar-refractivity contribution is 7.67. The highest BCUT2D eigenvalue weighted by Crippen LogP contribution is 2.66. The van der Waals surface area contributed by atoms with Gasteiger partial charge in [0, 0.05) is 6.04 Å². The summed E-state index contributed by atoms with van der Waals surface area (Å²) in [6, 6.07) is 12.5. The number of rotatable bonds is 5. The van der Waals surface area contributed by atoms with Crippen molar-refractivity contribution in [2.45, 2.75) is 89.0 Å². The van der Waals surface area contributed by atoms with Crippen LogP contribution in [-0.4, -0.2) is 36.4 Å². The number of nitrogens with zero attached hydrogens (tertiary/aromatic N) is 1. The normalized spacial score (nSPS) is 35.1. The first-order chi connectivity index (χ1) is 13.0. The molecule has 27 heavy (non-hydrogen) atoms. The zero-order valence-corrected chi connectivity index (χ0v) is 18.9. The molecule has 6 unspecified atom stereocenters. The molecule has 3 saturated carbocycles. The SMILES string of the molecule is CC1CCCC1P(c1ccccc1)C1CCCC2(CCC2)C1C(C)N(C)C. The van der Waals surface area contributed by atoms with Gasteiger partial charge in [-0.3, -0.25) is 0 Å². The molecule has 0 radical (unpaired) electrons. The van der Waals surface area contributed by atoms with Gasteiger partial charge in [-0.15, -0.1) is 0 Å². The Morgan fingerprint density at radius 1 is 0.926 bits per heavy atom. The van der Waals surface area contributed by atoms with E-state index in [0.717, 1.165) is 23.2 Å². The first kappa shape index (κ1) is 19.9. The lowest BCUT2D eigenvalue weighted by Gasteiger charge is -2.59. The molecular formula is C25H40NP. The van der Waals surface area contributed by atoms with Gasteiger partial charge in [0.2, 0.25) is 0 Å². The smallest absolute Gasteiger partial charge is 0.0101 e. The van der Waals surface area contributed by atoms with Crippen LogP contribution in [0.5, 0.6) is 0 Å². The summed E-state index contributed by atoms with van der Waals surface area (Å²) >= 11 is 0. The Hall–Kier alpha value is -0.390. The van der Waals surface area contributed by atoms with E-state index < -0.39 is 0 Å². The standard InChI is InChI=1S/C25H40NP/c1-19-11-8-14-22(19)27(21-12-6-5-7-13-21)23-15-9-16-25(17-10-18-25)24(23)20(2)26(3)4/h5-7,12-13,19-20,22-24H,8-11,14-18H2,1-4H3. The van der Waals surface area contributed by atoms with Crippen LogP contribution in [0.15, 0.2) is 30.3 Å². The maximum atomic E-state index is 2.56. The second kappa shape index (κ2) is 8.16. The lowest BCUT2D eigenvalue weighted by atomic mass is 9.53. The molecule has 6 atom stereocenters. The molecule has 3 aliphatic carbocycles. The van der Waals surface area contributed by atoms with Gasteiger partial charge in [0.1, 0.15) is 0 Å². The molecular weight excluding hydrogens is 345 g/mol. The summed E-state index contributed by atoms with van der Waals surface area (Å²) in [6.07, 6.45) is 13.4. The molecule has 1 nitrogen and oxygen atoms in total. The van der Waals surface area contributed by atoms with E-state index in [1.807, 2.05) is 0 Å². The zero-order chi connectivity index (χ0) is 19.0. The molecule has 0 heterocycles. The molecule has 0 amide bonds. The van der Waals surface area contributed by atoms with Crippen LogP contribution >= 0.6 is 7.92 Å². The molecule has 0 bridgehead atoms. The number of hydrogen-bond donors (Lipinski definition) is 0. The van der Waals surface area contributed by atoms with Crippen LogP contribution in [0, 0.1) is 17.3 Å². The Balaban J connectivity index is 1.74. The van der Waals surface area contributed by atoms with Gasteiger partial charge in [0.15, 0.2) is 0 Å². The van der Waals surface area contributed by atoms with E-state index in [4.69, 9.17) is 0 Å². The third-order valence-electron chi connectivity index (χ3n) is 8.56. The third kappa shape index (κ3) is 3.64. The molecule has 0 N–H and O–H groups in total. The molecule has 2 heteroatoms. The highest BCUT2D eigenvalue weighted by Gasteiger charge is 2.54. The maximum Gasteiger partial charge on any atom is 0.0101 e. The fourth-order valence-electron chi connectivity index (χ4n) is 6.87. The van der Waals surface area contributed by atoms with Gasteiger partial charge in [-0.2, -0.15) is 0 Å². The monoisotopic (exact) mass is 385 g/mol. The fourth-order valence-corrected chi connectivity index (χ4v) is 11.2. The second-order valence-electron chi connectivity index (χ2n) is 10.1. The van der Waals surface area contributed by atoms with Crippen molar-refractivity contribution in [2.24, 2.45) is 17.3 Å². The number of benzene rings is 1. The summed E-state index contributed by atoms with van der Waals surface area (Å²) in [5, 5.41) is 1.71. The summed E-state index contributed by atoms with van der Waals surface area (Å²) in [7, 11) is 4.58. The molecule has 0 aliphatic heterocycles. The molecule has 0 saturated heterocycles. The van der Waals surface area contributed by atoms with Crippen molar-refractivity contribution in [3.63, 3.8) is 0 Å². The van der Waals surface area contributed by atoms with Crippen LogP contribution < -0.4 is 5.30 Å². The van der Waals surface area contributed by atoms with Crippen molar-refractivity contribution in [3.8, 4) is 0 Å². The molecule has 1 aromatic rings. The van der Waals surface area contributed by atoms with E-state index in [1.54, 1.807) is 5.30 Å². The minimum absolute atomic E-state index is 0.0679. The first-order valence-corrected chi connectivity index (χ1v) is 13.0. The van der Waals surface area contributed by atoms with E-state index in [1.165, 1.54) is 57.8 Å². The Labute approximate surface area is 169 Å². The van der Waals surface area contributed by atoms with Crippen molar-refractivity contribution in [3.05, 3.63) is 30.3 Å². The van der Waals surface area contributed by atoms with Gasteiger partial charge in [-0.25, -0.2) is 0 Å². The van der Waals surface area contributed by atoms with Crippen LogP contribution in [0.4, 0.5) is 0 Å². The predicted molar refractivity (Wildman–Crippen MR) is 120 cm³/mol. The average Bonchev–Trinajstić information content (AvgIpc) is 3.06. The Morgan fingerprint density at radius 2 is 1.59 bits per heavy atom. The molecule has 1 aromatic carbocycles. The van der Waals surface area contributed by atoms with Gasteiger partial charge >= 0.3 is 0 Å². The summed E-state index contributed by atoms with van der Waals surface area (Å²) in [5.74, 6) is 1.82. The lowest BCUT2D eigenvalue weighted by Crippen LogP contribution is -2.55. The molecule has 0 aromatic heterocycles. The summed E-state index contributed by atoms with van der Waals surface area (Å²) in [6.45, 7) is 5.10. The average molecular weight is 386 g/mol. The van der Waals surface area contributed by atoms with E-state index in [2.05, 4.69) is 63.2 Å². The fraction of sp³-hybridized carbons (Fsp3) is 0.760. The third-order valence-corrected chi connectivity index (χ3v) is 12.2. The summed E-state index contributed by atoms with van der Waals surface area (Å²) in [5.41, 5.74) is 2.56. The Bertz CT molecular complexity index is 608. The van der Waals surface area contributed by atoms with Crippen molar-refractivity contribution in [2.75, 3.05) is 14.1 Å². The van der Waals surface area contributed by atoms with Crippen LogP contribution in [-0.2, 0) is 0 Å². The van der Waals surface area contributed by atoms with Gasteiger partial charge in [-0.1, -0.05) is 70.9 Å². The quantitative estimate of drug-likeness (QED) is 0.540. The zero-order valence-electron chi connectivity index (χ0n) is 18.0. The molecule has 150 valence electrons. The van der Waals surface area contributed by atoms with Crippen LogP contribution in [0.25, 0.3) is 0 Å². The largest absolute Gasteiger partial charge is 0.306 e. The lowest BCUT2D eigenvalue weighted by molar-refractivity contribution is -0.0269. The molecule has 3 fully saturated rings. The minimum Gasteiger partial charge on any atom is -0.306 e. The van der Waals surface area contributed by atoms with Gasteiger partial charge < -0.3 is 4.90 Å². The van der Waals surface area contributed by atoms with Crippen molar-refractivity contribution >= 4 is 13.2 Å². The number of hydrogen-bond acceptors (Lipinski definition) is 1. The molecule has 1 spiro atoms. The topological polar surface area (TPSA) is 3.24 Å². The van der Waals surface area contributed by atoms with E-state index in [0.29, 0.717) is 11.5 Å². The van der Waals surface area contributed by atoms with Crippen molar-refractivity contribution < 1.29 is 0 Å². The van der Waals surface area contributed by atoms with E-state index >= 15 is 0 Å². The van der Waals surface area contributed by atoms with E-state index in [-0.39, 0.29) is 7.92 Å². The molecule has 4 rings (SSSR count). The Morgan fingerprint density at radius 3 is 2.15 bits per heavy atom. The van der Waals surface area contributed by atoms with Crippen LogP contribution in [0.1, 0.15) is 71.6 Å². The van der Waals surface area contributed by atoms with Crippen LogP contribution in [0.3, 0.4) is 0 Å². The predicted octanol–water partition coefficient (Wildman–Crippen LogP) is 6.27. The van der Waals surface area contributed by atoms with Gasteiger partial charge in [0.05, 0.1) is 0 Å². The highest BCUT2D eigenvalue weighted by atomic mass is 31.1. The summed E-state index contributed by atoms with van der Waals surface area (Å²) in [4.78, 5) is 2.54. The van der Waals surface area contributed by atoms with Gasteiger partial charge in [-0.05, 0) is 87.0 Å². The van der Waals surface area contributed by atoms with E-state index in [9.17, 15) is 0 Å². The van der Waals surface area contributed by atoms with Gasteiger partial charge in [0.25, 0.3) is 0 Å². The second-order valence-corrected chi connectivity index (χ2v) is 12.8. The van der Waals surface area contributed by atoms with Crippen molar-refractivity contribution in [1.29, 1.82) is 0 Å². The molecule has 3 aliphatic rings. The minimum atomic E-state index is -0.0679. The van der Waals surface area contributed by atoms with Crippen molar-refractivity contribution in [1.82, 2.24) is 4.90 Å². The maximum absolute atomic E-state index is 2.56.